The summed E-state index contributed by atoms with van der Waals surface area (Å²) in [4.78, 5) is 0. The maximum atomic E-state index is 11.1. The van der Waals surface area contributed by atoms with Crippen molar-refractivity contribution < 1.29 is 5.11 Å². The van der Waals surface area contributed by atoms with Crippen molar-refractivity contribution in [1.29, 1.82) is 0 Å². The van der Waals surface area contributed by atoms with Crippen LogP contribution in [0.2, 0.25) is 0 Å². The molecule has 3 aromatic carbocycles. The molecule has 0 unspecified atom stereocenters. The SMILES string of the molecule is [O]c1ccc(Nc2cccc3ccccc23)cc1. The van der Waals surface area contributed by atoms with E-state index in [1.54, 1.807) is 24.3 Å². The van der Waals surface area contributed by atoms with E-state index < -0.39 is 0 Å². The van der Waals surface area contributed by atoms with E-state index in [0.717, 1.165) is 11.4 Å². The van der Waals surface area contributed by atoms with Crippen LogP contribution in [0, 0.1) is 0 Å². The number of hydrogen-bond acceptors (Lipinski definition) is 1. The first-order valence-corrected chi connectivity index (χ1v) is 5.85. The summed E-state index contributed by atoms with van der Waals surface area (Å²) in [5.41, 5.74) is 1.97. The van der Waals surface area contributed by atoms with Crippen LogP contribution in [0.5, 0.6) is 5.75 Å². The number of anilines is 2. The fourth-order valence-electron chi connectivity index (χ4n) is 2.03. The second-order valence-electron chi connectivity index (χ2n) is 4.18. The fraction of sp³-hybridized carbons (Fsp3) is 0. The Morgan fingerprint density at radius 2 is 1.44 bits per heavy atom. The minimum atomic E-state index is 0.0264. The lowest BCUT2D eigenvalue weighted by molar-refractivity contribution is 0.355. The molecule has 0 aromatic heterocycles. The molecule has 1 N–H and O–H groups in total. The first-order chi connectivity index (χ1) is 8.83. The maximum absolute atomic E-state index is 11.1. The van der Waals surface area contributed by atoms with Crippen LogP contribution in [0.4, 0.5) is 11.4 Å². The molecule has 87 valence electrons. The fourth-order valence-corrected chi connectivity index (χ4v) is 2.03. The zero-order chi connectivity index (χ0) is 12.4. The van der Waals surface area contributed by atoms with Crippen molar-refractivity contribution in [3.8, 4) is 5.75 Å². The average Bonchev–Trinajstić information content (AvgIpc) is 2.42. The van der Waals surface area contributed by atoms with Crippen molar-refractivity contribution in [1.82, 2.24) is 0 Å². The number of fused-ring (bicyclic) bond motifs is 1. The van der Waals surface area contributed by atoms with Gasteiger partial charge in [-0.3, -0.25) is 5.11 Å². The van der Waals surface area contributed by atoms with Crippen LogP contribution < -0.4 is 5.32 Å². The molecular formula is C16H12NO. The number of nitrogens with one attached hydrogen (secondary N) is 1. The summed E-state index contributed by atoms with van der Waals surface area (Å²) in [5, 5.41) is 16.8. The van der Waals surface area contributed by atoms with E-state index >= 15 is 0 Å². The van der Waals surface area contributed by atoms with E-state index in [1.807, 2.05) is 24.3 Å². The first-order valence-electron chi connectivity index (χ1n) is 5.85. The zero-order valence-corrected chi connectivity index (χ0v) is 9.76. The summed E-state index contributed by atoms with van der Waals surface area (Å²) in [6, 6.07) is 21.1. The minimum Gasteiger partial charge on any atom is -0.355 e. The lowest BCUT2D eigenvalue weighted by atomic mass is 10.1. The predicted octanol–water partition coefficient (Wildman–Crippen LogP) is 4.73. The third-order valence-corrected chi connectivity index (χ3v) is 2.92. The Morgan fingerprint density at radius 1 is 0.722 bits per heavy atom. The highest BCUT2D eigenvalue weighted by Gasteiger charge is 2.00. The quantitative estimate of drug-likeness (QED) is 0.683. The van der Waals surface area contributed by atoms with Crippen molar-refractivity contribution in [2.45, 2.75) is 0 Å². The highest BCUT2D eigenvalue weighted by molar-refractivity contribution is 5.95. The van der Waals surface area contributed by atoms with Crippen LogP contribution in [-0.4, -0.2) is 0 Å². The van der Waals surface area contributed by atoms with Gasteiger partial charge >= 0.3 is 0 Å². The van der Waals surface area contributed by atoms with Gasteiger partial charge in [0.15, 0.2) is 5.75 Å². The van der Waals surface area contributed by atoms with Crippen molar-refractivity contribution >= 4 is 22.1 Å². The van der Waals surface area contributed by atoms with Gasteiger partial charge in [-0.1, -0.05) is 36.4 Å². The molecule has 18 heavy (non-hydrogen) atoms. The van der Waals surface area contributed by atoms with Gasteiger partial charge in [0.1, 0.15) is 0 Å². The van der Waals surface area contributed by atoms with Crippen molar-refractivity contribution in [3.05, 3.63) is 66.7 Å². The number of hydrogen-bond donors (Lipinski definition) is 1. The first kappa shape index (κ1) is 10.7. The molecule has 3 aromatic rings. The Labute approximate surface area is 106 Å². The van der Waals surface area contributed by atoms with Gasteiger partial charge in [-0.05, 0) is 35.7 Å². The molecule has 0 aliphatic carbocycles. The molecule has 0 atom stereocenters. The molecule has 3 rings (SSSR count). The molecule has 0 saturated heterocycles. The van der Waals surface area contributed by atoms with Crippen molar-refractivity contribution in [3.63, 3.8) is 0 Å². The number of rotatable bonds is 2. The summed E-state index contributed by atoms with van der Waals surface area (Å²) in [6.45, 7) is 0. The van der Waals surface area contributed by atoms with Crippen LogP contribution in [0.3, 0.4) is 0 Å². The van der Waals surface area contributed by atoms with Gasteiger partial charge < -0.3 is 5.32 Å². The normalized spacial score (nSPS) is 10.4. The molecule has 0 aliphatic heterocycles. The van der Waals surface area contributed by atoms with Crippen molar-refractivity contribution in [2.75, 3.05) is 5.32 Å². The summed E-state index contributed by atoms with van der Waals surface area (Å²) in [7, 11) is 0. The predicted molar refractivity (Wildman–Crippen MR) is 73.8 cm³/mol. The molecule has 2 nitrogen and oxygen atoms in total. The van der Waals surface area contributed by atoms with Gasteiger partial charge in [-0.25, -0.2) is 0 Å². The topological polar surface area (TPSA) is 31.9 Å². The number of benzene rings is 3. The molecule has 1 radical (unpaired) electrons. The van der Waals surface area contributed by atoms with Crippen LogP contribution in [0.1, 0.15) is 0 Å². The Hall–Kier alpha value is -2.48. The molecule has 2 heteroatoms. The minimum absolute atomic E-state index is 0.0264. The third kappa shape index (κ3) is 2.00. The maximum Gasteiger partial charge on any atom is 0.178 e. The van der Waals surface area contributed by atoms with E-state index in [4.69, 9.17) is 0 Å². The molecule has 0 amide bonds. The van der Waals surface area contributed by atoms with Gasteiger partial charge in [-0.15, -0.1) is 0 Å². The van der Waals surface area contributed by atoms with Crippen LogP contribution >= 0.6 is 0 Å². The lowest BCUT2D eigenvalue weighted by Gasteiger charge is -2.09. The van der Waals surface area contributed by atoms with E-state index in [1.165, 1.54) is 10.8 Å². The summed E-state index contributed by atoms with van der Waals surface area (Å²) < 4.78 is 0. The largest absolute Gasteiger partial charge is 0.355 e. The Morgan fingerprint density at radius 3 is 2.28 bits per heavy atom. The zero-order valence-electron chi connectivity index (χ0n) is 9.76. The van der Waals surface area contributed by atoms with Crippen LogP contribution in [-0.2, 0) is 5.11 Å². The highest BCUT2D eigenvalue weighted by atomic mass is 16.3. The van der Waals surface area contributed by atoms with E-state index in [2.05, 4.69) is 23.5 Å². The third-order valence-electron chi connectivity index (χ3n) is 2.92. The molecule has 0 aliphatic rings. The molecule has 0 spiro atoms. The standard InChI is InChI=1S/C16H12NO/c18-14-10-8-13(9-11-14)17-16-7-3-5-12-4-1-2-6-15(12)16/h1-11,17H. The van der Waals surface area contributed by atoms with Crippen LogP contribution in [0.15, 0.2) is 66.7 Å². The molecule has 0 saturated carbocycles. The van der Waals surface area contributed by atoms with Crippen LogP contribution in [0.25, 0.3) is 10.8 Å². The molecule has 0 heterocycles. The summed E-state index contributed by atoms with van der Waals surface area (Å²) >= 11 is 0. The monoisotopic (exact) mass is 234 g/mol. The van der Waals surface area contributed by atoms with Gasteiger partial charge in [0.2, 0.25) is 0 Å². The van der Waals surface area contributed by atoms with E-state index in [-0.39, 0.29) is 5.75 Å². The molecule has 0 bridgehead atoms. The average molecular weight is 234 g/mol. The van der Waals surface area contributed by atoms with Crippen molar-refractivity contribution in [2.24, 2.45) is 0 Å². The molecular weight excluding hydrogens is 222 g/mol. The summed E-state index contributed by atoms with van der Waals surface area (Å²) in [5.74, 6) is 0.0264. The Bertz CT molecular complexity index is 669. The Kier molecular flexibility index (Phi) is 2.61. The van der Waals surface area contributed by atoms with Gasteiger partial charge in [0, 0.05) is 16.8 Å². The summed E-state index contributed by atoms with van der Waals surface area (Å²) in [6.07, 6.45) is 0. The second kappa shape index (κ2) is 4.41. The highest BCUT2D eigenvalue weighted by Crippen LogP contribution is 2.26. The molecule has 0 fully saturated rings. The van der Waals surface area contributed by atoms with Gasteiger partial charge in [0.05, 0.1) is 0 Å². The smallest absolute Gasteiger partial charge is 0.178 e. The van der Waals surface area contributed by atoms with Gasteiger partial charge in [-0.2, -0.15) is 0 Å². The van der Waals surface area contributed by atoms with Gasteiger partial charge in [0.25, 0.3) is 0 Å². The Balaban J connectivity index is 2.02. The van der Waals surface area contributed by atoms with E-state index in [9.17, 15) is 5.11 Å². The van der Waals surface area contributed by atoms with E-state index in [0.29, 0.717) is 0 Å². The second-order valence-corrected chi connectivity index (χ2v) is 4.18. The lowest BCUT2D eigenvalue weighted by Crippen LogP contribution is -1.90.